The van der Waals surface area contributed by atoms with Crippen LogP contribution in [0.15, 0.2) is 48.3 Å². The highest BCUT2D eigenvalue weighted by atomic mass is 16.6. The van der Waals surface area contributed by atoms with Crippen LogP contribution >= 0.6 is 0 Å². The lowest BCUT2D eigenvalue weighted by Crippen LogP contribution is -2.50. The maximum Gasteiger partial charge on any atom is 0.169 e. The van der Waals surface area contributed by atoms with Gasteiger partial charge in [-0.15, -0.1) is 0 Å². The molecule has 2 aromatic rings. The lowest BCUT2D eigenvalue weighted by molar-refractivity contribution is -0.00791. The monoisotopic (exact) mass is 624 g/mol. The molecular weight excluding hydrogens is 576 g/mol. The largest absolute Gasteiger partial charge is 0.487 e. The third-order valence-corrected chi connectivity index (χ3v) is 13.3. The molecule has 6 nitrogen and oxygen atoms in total. The molecule has 8 aliphatic carbocycles. The van der Waals surface area contributed by atoms with Crippen LogP contribution in [0.5, 0.6) is 11.5 Å². The molecule has 0 N–H and O–H groups in total. The van der Waals surface area contributed by atoms with E-state index in [4.69, 9.17) is 28.4 Å². The molecule has 2 aromatic carbocycles. The van der Waals surface area contributed by atoms with Crippen LogP contribution in [0.1, 0.15) is 88.2 Å². The Morgan fingerprint density at radius 1 is 0.587 bits per heavy atom. The summed E-state index contributed by atoms with van der Waals surface area (Å²) >= 11 is 0. The highest BCUT2D eigenvalue weighted by molar-refractivity contribution is 5.95. The number of hydrogen-bond acceptors (Lipinski definition) is 6. The Morgan fingerprint density at radius 2 is 1.09 bits per heavy atom. The summed E-state index contributed by atoms with van der Waals surface area (Å²) in [6, 6.07) is 9.83. The summed E-state index contributed by atoms with van der Waals surface area (Å²) in [4.78, 5) is 0. The molecule has 0 amide bonds. The van der Waals surface area contributed by atoms with Gasteiger partial charge in [-0.2, -0.15) is 0 Å². The highest BCUT2D eigenvalue weighted by Gasteiger charge is 2.55. The summed E-state index contributed by atoms with van der Waals surface area (Å²) in [7, 11) is 0. The number of benzene rings is 2. The van der Waals surface area contributed by atoms with Crippen LogP contribution in [0.3, 0.4) is 0 Å². The molecule has 0 radical (unpaired) electrons. The lowest BCUT2D eigenvalue weighted by atomic mass is 9.46. The number of hydrogen-bond donors (Lipinski definition) is 0. The van der Waals surface area contributed by atoms with Crippen LogP contribution in [0.25, 0.3) is 10.8 Å². The third kappa shape index (κ3) is 5.13. The van der Waals surface area contributed by atoms with Crippen LogP contribution in [0.4, 0.5) is 0 Å². The van der Waals surface area contributed by atoms with E-state index in [9.17, 15) is 0 Å². The number of rotatable bonds is 14. The molecule has 0 spiro atoms. The van der Waals surface area contributed by atoms with Crippen LogP contribution in [-0.2, 0) is 29.8 Å². The molecule has 8 fully saturated rings. The van der Waals surface area contributed by atoms with Gasteiger partial charge in [0.15, 0.2) is 23.0 Å². The van der Waals surface area contributed by atoms with E-state index in [0.717, 1.165) is 58.5 Å². The fourth-order valence-electron chi connectivity index (χ4n) is 12.3. The smallest absolute Gasteiger partial charge is 0.169 e. The molecule has 12 rings (SSSR count). The zero-order valence-corrected chi connectivity index (χ0v) is 27.1. The van der Waals surface area contributed by atoms with E-state index < -0.39 is 0 Å². The SMILES string of the molecule is C1=C(COCCOc2ccc3cc(C45CC6CC(CC(C6)C4)C5)cc(C45CC6CC(CC(C6)C4)C5)c3c2OCCOCC2=CO2)O1. The van der Waals surface area contributed by atoms with Crippen molar-refractivity contribution >= 4 is 10.8 Å². The minimum Gasteiger partial charge on any atom is -0.487 e. The first-order chi connectivity index (χ1) is 22.6. The van der Waals surface area contributed by atoms with Crippen LogP contribution in [-0.4, -0.2) is 39.6 Å². The first-order valence-corrected chi connectivity index (χ1v) is 18.3. The zero-order chi connectivity index (χ0) is 30.3. The van der Waals surface area contributed by atoms with Crippen LogP contribution < -0.4 is 9.47 Å². The van der Waals surface area contributed by atoms with Crippen molar-refractivity contribution in [3.05, 3.63) is 59.4 Å². The minimum absolute atomic E-state index is 0.245. The van der Waals surface area contributed by atoms with E-state index in [1.54, 1.807) is 23.7 Å². The first kappa shape index (κ1) is 28.3. The van der Waals surface area contributed by atoms with E-state index in [-0.39, 0.29) is 5.41 Å². The second kappa shape index (κ2) is 10.9. The topological polar surface area (TPSA) is 62.0 Å². The molecule has 0 atom stereocenters. The van der Waals surface area contributed by atoms with Crippen LogP contribution in [0, 0.1) is 35.5 Å². The number of ether oxygens (including phenoxy) is 6. The van der Waals surface area contributed by atoms with Crippen molar-refractivity contribution in [2.24, 2.45) is 35.5 Å². The molecule has 2 aliphatic heterocycles. The Morgan fingerprint density at radius 3 is 1.61 bits per heavy atom. The van der Waals surface area contributed by atoms with Crippen molar-refractivity contribution in [3.63, 3.8) is 0 Å². The maximum atomic E-state index is 6.77. The molecule has 46 heavy (non-hydrogen) atoms. The zero-order valence-electron chi connectivity index (χ0n) is 27.1. The predicted molar refractivity (Wildman–Crippen MR) is 175 cm³/mol. The Balaban J connectivity index is 1.05. The molecule has 10 aliphatic rings. The van der Waals surface area contributed by atoms with Gasteiger partial charge in [0.1, 0.15) is 39.0 Å². The van der Waals surface area contributed by atoms with E-state index in [2.05, 4.69) is 24.3 Å². The van der Waals surface area contributed by atoms with Crippen LogP contribution in [0.2, 0.25) is 0 Å². The van der Waals surface area contributed by atoms with Crippen molar-refractivity contribution in [1.82, 2.24) is 0 Å². The van der Waals surface area contributed by atoms with Gasteiger partial charge in [-0.1, -0.05) is 18.2 Å². The Labute approximate surface area is 272 Å². The molecule has 0 unspecified atom stereocenters. The molecule has 2 heterocycles. The standard InChI is InChI=1S/C40H48O6/c1-2-36(43-5-3-41-21-33-23-45-33)38(44-6-4-42-22-34-24-46-34)37-31(1)13-32(39-15-25-7-26(16-39)9-27(8-25)17-39)14-35(37)40-18-28-10-29(19-40)12-30(11-28)20-40/h1-2,13-14,23-30H,3-12,15-22H2. The Bertz CT molecular complexity index is 1520. The van der Waals surface area contributed by atoms with Gasteiger partial charge in [-0.3, -0.25) is 0 Å². The summed E-state index contributed by atoms with van der Waals surface area (Å²) in [5.41, 5.74) is 3.84. The van der Waals surface area contributed by atoms with Gasteiger partial charge < -0.3 is 28.4 Å². The minimum atomic E-state index is 0.245. The van der Waals surface area contributed by atoms with Crippen molar-refractivity contribution in [3.8, 4) is 11.5 Å². The molecule has 8 bridgehead atoms. The normalized spacial score (nSPS) is 37.1. The van der Waals surface area contributed by atoms with Gasteiger partial charge in [-0.05, 0) is 146 Å². The van der Waals surface area contributed by atoms with Crippen molar-refractivity contribution in [1.29, 1.82) is 0 Å². The van der Waals surface area contributed by atoms with E-state index in [1.807, 2.05) is 0 Å². The fraction of sp³-hybridized carbons (Fsp3) is 0.650. The fourth-order valence-corrected chi connectivity index (χ4v) is 12.3. The molecule has 0 saturated heterocycles. The van der Waals surface area contributed by atoms with Gasteiger partial charge in [-0.25, -0.2) is 0 Å². The summed E-state index contributed by atoms with van der Waals surface area (Å²) in [5.74, 6) is 8.96. The summed E-state index contributed by atoms with van der Waals surface area (Å²) in [6.07, 6.45) is 20.5. The van der Waals surface area contributed by atoms with Gasteiger partial charge in [0.2, 0.25) is 0 Å². The van der Waals surface area contributed by atoms with Gasteiger partial charge in [0.25, 0.3) is 0 Å². The molecular formula is C40H48O6. The molecule has 8 saturated carbocycles. The van der Waals surface area contributed by atoms with Gasteiger partial charge in [0.05, 0.1) is 13.2 Å². The van der Waals surface area contributed by atoms with E-state index in [1.165, 1.54) is 87.8 Å². The Hall–Kier alpha value is -2.70. The first-order valence-electron chi connectivity index (χ1n) is 18.3. The average molecular weight is 625 g/mol. The maximum absolute atomic E-state index is 6.77. The quantitative estimate of drug-likeness (QED) is 0.197. The average Bonchev–Trinajstić information content (AvgIpc) is 3.96. The summed E-state index contributed by atoms with van der Waals surface area (Å²) in [5, 5.41) is 2.64. The van der Waals surface area contributed by atoms with Crippen molar-refractivity contribution in [2.75, 3.05) is 39.6 Å². The summed E-state index contributed by atoms with van der Waals surface area (Å²) < 4.78 is 35.1. The van der Waals surface area contributed by atoms with Gasteiger partial charge >= 0.3 is 0 Å². The number of fused-ring (bicyclic) bond motifs is 1. The summed E-state index contributed by atoms with van der Waals surface area (Å²) in [6.45, 7) is 2.96. The molecule has 0 aromatic heterocycles. The van der Waals surface area contributed by atoms with Crippen molar-refractivity contribution in [2.45, 2.75) is 87.9 Å². The van der Waals surface area contributed by atoms with E-state index >= 15 is 0 Å². The van der Waals surface area contributed by atoms with Gasteiger partial charge in [0, 0.05) is 5.39 Å². The van der Waals surface area contributed by atoms with Crippen molar-refractivity contribution < 1.29 is 28.4 Å². The second-order valence-corrected chi connectivity index (χ2v) is 16.6. The Kier molecular flexibility index (Phi) is 6.72. The van der Waals surface area contributed by atoms with E-state index in [0.29, 0.717) is 45.1 Å². The molecule has 244 valence electrons. The highest BCUT2D eigenvalue weighted by Crippen LogP contribution is 2.65. The molecule has 6 heteroatoms. The third-order valence-electron chi connectivity index (χ3n) is 13.3. The second-order valence-electron chi connectivity index (χ2n) is 16.6. The predicted octanol–water partition coefficient (Wildman–Crippen LogP) is 8.31. The lowest BCUT2D eigenvalue weighted by Gasteiger charge is -2.59.